The van der Waals surface area contributed by atoms with Crippen molar-refractivity contribution in [3.05, 3.63) is 65.7 Å². The Hall–Kier alpha value is -3.17. The first-order valence-corrected chi connectivity index (χ1v) is 8.28. The maximum Gasteiger partial charge on any atom is 0.225 e. The molecule has 0 radical (unpaired) electrons. The van der Waals surface area contributed by atoms with Crippen molar-refractivity contribution in [2.24, 2.45) is 0 Å². The Morgan fingerprint density at radius 3 is 2.81 bits per heavy atom. The molecule has 0 atom stereocenters. The summed E-state index contributed by atoms with van der Waals surface area (Å²) in [4.78, 5) is 26.3. The number of H-pyrrole nitrogens is 1. The van der Waals surface area contributed by atoms with Crippen molar-refractivity contribution in [2.45, 2.75) is 0 Å². The molecule has 0 fully saturated rings. The highest BCUT2D eigenvalue weighted by Gasteiger charge is 2.06. The van der Waals surface area contributed by atoms with E-state index in [-0.39, 0.29) is 16.3 Å². The van der Waals surface area contributed by atoms with E-state index in [1.165, 1.54) is 24.8 Å². The molecule has 0 spiro atoms. The minimum atomic E-state index is -0.284. The molecule has 134 valence electrons. The molecule has 0 amide bonds. The molecule has 1 N–H and O–H groups in total. The van der Waals surface area contributed by atoms with E-state index in [9.17, 15) is 4.39 Å². The number of aromatic nitrogens is 8. The Labute approximate surface area is 161 Å². The van der Waals surface area contributed by atoms with Crippen molar-refractivity contribution in [2.75, 3.05) is 0 Å². The van der Waals surface area contributed by atoms with E-state index in [2.05, 4.69) is 34.9 Å². The van der Waals surface area contributed by atoms with Crippen LogP contribution in [0.5, 0.6) is 0 Å². The third kappa shape index (κ3) is 3.55. The van der Waals surface area contributed by atoms with Gasteiger partial charge in [0, 0.05) is 0 Å². The van der Waals surface area contributed by atoms with Gasteiger partial charge in [-0.3, -0.25) is 4.57 Å². The predicted octanol–water partition coefficient (Wildman–Crippen LogP) is 3.61. The van der Waals surface area contributed by atoms with Crippen molar-refractivity contribution in [3.63, 3.8) is 0 Å². The van der Waals surface area contributed by atoms with Gasteiger partial charge < -0.3 is 4.98 Å². The fourth-order valence-electron chi connectivity index (χ4n) is 2.35. The predicted molar refractivity (Wildman–Crippen MR) is 98.3 cm³/mol. The van der Waals surface area contributed by atoms with Gasteiger partial charge in [-0.2, -0.15) is 4.98 Å². The van der Waals surface area contributed by atoms with Crippen LogP contribution in [0.25, 0.3) is 28.0 Å². The molecule has 8 nitrogen and oxygen atoms in total. The molecule has 5 aromatic rings. The highest BCUT2D eigenvalue weighted by molar-refractivity contribution is 6.35. The van der Waals surface area contributed by atoms with E-state index in [4.69, 9.17) is 23.2 Å². The van der Waals surface area contributed by atoms with Crippen LogP contribution in [0.3, 0.4) is 0 Å². The van der Waals surface area contributed by atoms with E-state index in [1.807, 2.05) is 0 Å². The van der Waals surface area contributed by atoms with Crippen LogP contribution in [0.15, 0.2) is 49.4 Å². The maximum atomic E-state index is 13.1. The smallest absolute Gasteiger partial charge is 0.225 e. The van der Waals surface area contributed by atoms with Crippen LogP contribution in [0.1, 0.15) is 0 Å². The summed E-state index contributed by atoms with van der Waals surface area (Å²) < 4.78 is 14.8. The number of benzene rings is 1. The average Bonchev–Trinajstić information content (AvgIpc) is 3.29. The molecule has 1 aromatic carbocycles. The highest BCUT2D eigenvalue weighted by atomic mass is 35.5. The molecule has 11 heteroatoms. The van der Waals surface area contributed by atoms with Gasteiger partial charge in [0.25, 0.3) is 0 Å². The van der Waals surface area contributed by atoms with E-state index < -0.39 is 0 Å². The van der Waals surface area contributed by atoms with Gasteiger partial charge in [0.1, 0.15) is 29.5 Å². The first kappa shape index (κ1) is 17.3. The zero-order valence-corrected chi connectivity index (χ0v) is 14.9. The van der Waals surface area contributed by atoms with E-state index in [0.29, 0.717) is 28.0 Å². The lowest BCUT2D eigenvalue weighted by Crippen LogP contribution is -1.94. The molecular weight excluding hydrogens is 394 g/mol. The van der Waals surface area contributed by atoms with Gasteiger partial charge in [-0.05, 0) is 29.8 Å². The van der Waals surface area contributed by atoms with Crippen LogP contribution in [0.4, 0.5) is 4.39 Å². The van der Waals surface area contributed by atoms with Crippen LogP contribution in [0, 0.1) is 5.82 Å². The molecular formula is C16H9Cl2FN8. The van der Waals surface area contributed by atoms with Gasteiger partial charge in [-0.1, -0.05) is 17.7 Å². The number of hydrogen-bond donors (Lipinski definition) is 1. The van der Waals surface area contributed by atoms with Crippen LogP contribution in [0.2, 0.25) is 10.4 Å². The Bertz CT molecular complexity index is 1240. The van der Waals surface area contributed by atoms with Crippen molar-refractivity contribution in [1.29, 1.82) is 0 Å². The lowest BCUT2D eigenvalue weighted by Gasteiger charge is -2.02. The maximum absolute atomic E-state index is 13.1. The number of imidazole rings is 2. The van der Waals surface area contributed by atoms with Gasteiger partial charge >= 0.3 is 0 Å². The quantitative estimate of drug-likeness (QED) is 0.339. The van der Waals surface area contributed by atoms with Crippen LogP contribution >= 0.6 is 23.2 Å². The Balaban J connectivity index is 0.000000143. The highest BCUT2D eigenvalue weighted by Crippen LogP contribution is 2.18. The van der Waals surface area contributed by atoms with Gasteiger partial charge in [0.15, 0.2) is 16.4 Å². The molecule has 0 aliphatic heterocycles. The summed E-state index contributed by atoms with van der Waals surface area (Å²) in [6, 6.07) is 6.28. The Morgan fingerprint density at radius 1 is 1.07 bits per heavy atom. The number of aromatic amines is 1. The summed E-state index contributed by atoms with van der Waals surface area (Å²) in [7, 11) is 0. The molecule has 0 unspecified atom stereocenters. The number of nitrogens with zero attached hydrogens (tertiary/aromatic N) is 7. The van der Waals surface area contributed by atoms with Gasteiger partial charge in [0.05, 0.1) is 18.2 Å². The topological polar surface area (TPSA) is 98.1 Å². The number of nitrogens with one attached hydrogen (secondary N) is 1. The van der Waals surface area contributed by atoms with Crippen molar-refractivity contribution in [1.82, 2.24) is 39.5 Å². The van der Waals surface area contributed by atoms with Gasteiger partial charge in [-0.15, -0.1) is 0 Å². The lowest BCUT2D eigenvalue weighted by molar-refractivity contribution is 0.626. The van der Waals surface area contributed by atoms with Crippen molar-refractivity contribution < 1.29 is 4.39 Å². The van der Waals surface area contributed by atoms with Gasteiger partial charge in [-0.25, -0.2) is 29.3 Å². The van der Waals surface area contributed by atoms with Crippen molar-refractivity contribution in [3.8, 4) is 5.69 Å². The fourth-order valence-corrected chi connectivity index (χ4v) is 2.78. The second kappa shape index (κ2) is 7.22. The summed E-state index contributed by atoms with van der Waals surface area (Å²) in [5.41, 5.74) is 3.14. The second-order valence-electron chi connectivity index (χ2n) is 5.21. The fraction of sp³-hybridized carbons (Fsp3) is 0. The molecule has 0 aliphatic carbocycles. The summed E-state index contributed by atoms with van der Waals surface area (Å²) in [6.07, 6.45) is 6.16. The standard InChI is InChI=1S/C11H7FN4.C5H2Cl2N4/c12-8-2-1-3-9(4-8)16-7-15-10-5-13-6-14-11(10)16;6-3-2-4(9-1-8-2)11-5(7)10-3/h1-7H;1H,(H,8,9,10,11). The third-order valence-electron chi connectivity index (χ3n) is 3.51. The second-order valence-corrected chi connectivity index (χ2v) is 5.91. The summed E-state index contributed by atoms with van der Waals surface area (Å²) >= 11 is 11.2. The van der Waals surface area contributed by atoms with Crippen molar-refractivity contribution >= 4 is 45.5 Å². The molecule has 27 heavy (non-hydrogen) atoms. The molecule has 0 aliphatic rings. The summed E-state index contributed by atoms with van der Waals surface area (Å²) in [5.74, 6) is -0.284. The van der Waals surface area contributed by atoms with Crippen LogP contribution in [-0.2, 0) is 0 Å². The lowest BCUT2D eigenvalue weighted by atomic mass is 10.3. The number of rotatable bonds is 1. The molecule has 4 heterocycles. The Kier molecular flexibility index (Phi) is 4.61. The normalized spacial score (nSPS) is 10.8. The monoisotopic (exact) mass is 402 g/mol. The first-order chi connectivity index (χ1) is 13.1. The average molecular weight is 403 g/mol. The minimum absolute atomic E-state index is 0.106. The molecule has 0 bridgehead atoms. The first-order valence-electron chi connectivity index (χ1n) is 7.53. The summed E-state index contributed by atoms with van der Waals surface area (Å²) in [5, 5.41) is 0.395. The zero-order valence-electron chi connectivity index (χ0n) is 13.4. The number of hydrogen-bond acceptors (Lipinski definition) is 6. The SMILES string of the molecule is Clc1nc(Cl)c2[nH]cnc2n1.Fc1cccc(-n2cnc3cncnc32)c1. The molecule has 4 aromatic heterocycles. The number of fused-ring (bicyclic) bond motifs is 2. The summed E-state index contributed by atoms with van der Waals surface area (Å²) in [6.45, 7) is 0. The third-order valence-corrected chi connectivity index (χ3v) is 3.96. The minimum Gasteiger partial charge on any atom is -0.341 e. The zero-order chi connectivity index (χ0) is 18.8. The van der Waals surface area contributed by atoms with E-state index >= 15 is 0 Å². The number of halogens is 3. The van der Waals surface area contributed by atoms with Gasteiger partial charge in [0.2, 0.25) is 5.28 Å². The van der Waals surface area contributed by atoms with Crippen LogP contribution < -0.4 is 0 Å². The largest absolute Gasteiger partial charge is 0.341 e. The Morgan fingerprint density at radius 2 is 1.96 bits per heavy atom. The molecule has 0 saturated heterocycles. The van der Waals surface area contributed by atoms with Crippen LogP contribution in [-0.4, -0.2) is 39.5 Å². The van der Waals surface area contributed by atoms with E-state index in [0.717, 1.165) is 0 Å². The molecule has 5 rings (SSSR count). The van der Waals surface area contributed by atoms with E-state index in [1.54, 1.807) is 29.2 Å². The molecule has 0 saturated carbocycles.